The van der Waals surface area contributed by atoms with Crippen molar-refractivity contribution in [3.05, 3.63) is 56.5 Å². The van der Waals surface area contributed by atoms with Gasteiger partial charge in [0.1, 0.15) is 0 Å². The summed E-state index contributed by atoms with van der Waals surface area (Å²) in [6.07, 6.45) is 0. The zero-order valence-corrected chi connectivity index (χ0v) is 11.8. The molecule has 0 aliphatic heterocycles. The Morgan fingerprint density at radius 1 is 1.15 bits per heavy atom. The van der Waals surface area contributed by atoms with Crippen molar-refractivity contribution in [1.82, 2.24) is 0 Å². The molecule has 0 aromatic heterocycles. The summed E-state index contributed by atoms with van der Waals surface area (Å²) in [6, 6.07) is 9.18. The van der Waals surface area contributed by atoms with Crippen molar-refractivity contribution >= 4 is 27.3 Å². The van der Waals surface area contributed by atoms with E-state index in [4.69, 9.17) is 0 Å². The number of halogens is 1. The molecule has 0 aliphatic carbocycles. The van der Waals surface area contributed by atoms with Crippen LogP contribution in [0.4, 0.5) is 11.4 Å². The van der Waals surface area contributed by atoms with E-state index in [0.29, 0.717) is 16.7 Å². The van der Waals surface area contributed by atoms with Crippen LogP contribution in [-0.4, -0.2) is 15.1 Å². The molecular weight excluding hydrogens is 328 g/mol. The number of nitrogens with zero attached hydrogens (tertiary/aromatic N) is 1. The largest absolute Gasteiger partial charge is 0.504 e. The summed E-state index contributed by atoms with van der Waals surface area (Å²) in [4.78, 5) is 10.3. The number of hydrogen-bond acceptors (Lipinski definition) is 5. The summed E-state index contributed by atoms with van der Waals surface area (Å²) in [5.41, 5.74) is 1.31. The lowest BCUT2D eigenvalue weighted by Gasteiger charge is -2.08. The van der Waals surface area contributed by atoms with Gasteiger partial charge >= 0.3 is 0 Å². The fourth-order valence-electron chi connectivity index (χ4n) is 1.65. The van der Waals surface area contributed by atoms with Crippen molar-refractivity contribution in [2.75, 3.05) is 5.32 Å². The lowest BCUT2D eigenvalue weighted by atomic mass is 10.2. The van der Waals surface area contributed by atoms with Crippen molar-refractivity contribution in [1.29, 1.82) is 0 Å². The summed E-state index contributed by atoms with van der Waals surface area (Å²) >= 11 is 3.11. The van der Waals surface area contributed by atoms with Gasteiger partial charge in [0, 0.05) is 18.3 Å². The third kappa shape index (κ3) is 3.18. The summed E-state index contributed by atoms with van der Waals surface area (Å²) in [6.45, 7) is 0.368. The van der Waals surface area contributed by atoms with Gasteiger partial charge < -0.3 is 15.5 Å². The molecule has 0 fully saturated rings. The van der Waals surface area contributed by atoms with Crippen LogP contribution in [0.3, 0.4) is 0 Å². The molecule has 0 atom stereocenters. The van der Waals surface area contributed by atoms with Gasteiger partial charge in [0.25, 0.3) is 5.69 Å². The summed E-state index contributed by atoms with van der Waals surface area (Å²) in [5, 5.41) is 32.4. The Balaban J connectivity index is 2.12. The number of nitrogens with one attached hydrogen (secondary N) is 1. The van der Waals surface area contributed by atoms with Crippen LogP contribution in [0.2, 0.25) is 0 Å². The number of nitro groups is 1. The van der Waals surface area contributed by atoms with Crippen molar-refractivity contribution in [2.24, 2.45) is 0 Å². The third-order valence-electron chi connectivity index (χ3n) is 2.68. The highest BCUT2D eigenvalue weighted by molar-refractivity contribution is 9.10. The molecule has 104 valence electrons. The summed E-state index contributed by atoms with van der Waals surface area (Å²) < 4.78 is 0.412. The summed E-state index contributed by atoms with van der Waals surface area (Å²) in [7, 11) is 0. The fourth-order valence-corrected chi connectivity index (χ4v) is 2.04. The minimum absolute atomic E-state index is 0.0245. The first-order valence-corrected chi connectivity index (χ1v) is 6.45. The minimum atomic E-state index is -0.471. The van der Waals surface area contributed by atoms with E-state index in [9.17, 15) is 20.3 Å². The number of rotatable bonds is 4. The zero-order chi connectivity index (χ0) is 14.7. The molecule has 6 nitrogen and oxygen atoms in total. The molecule has 0 aliphatic rings. The van der Waals surface area contributed by atoms with E-state index in [-0.39, 0.29) is 17.2 Å². The molecule has 2 rings (SSSR count). The van der Waals surface area contributed by atoms with Crippen molar-refractivity contribution in [3.63, 3.8) is 0 Å². The van der Waals surface area contributed by atoms with Gasteiger partial charge in [-0.25, -0.2) is 0 Å². The predicted molar refractivity (Wildman–Crippen MR) is 77.9 cm³/mol. The maximum atomic E-state index is 10.8. The van der Waals surface area contributed by atoms with Gasteiger partial charge in [0.05, 0.1) is 9.40 Å². The topological polar surface area (TPSA) is 95.6 Å². The number of anilines is 1. The highest BCUT2D eigenvalue weighted by Crippen LogP contribution is 2.29. The normalized spacial score (nSPS) is 10.2. The van der Waals surface area contributed by atoms with Gasteiger partial charge in [-0.3, -0.25) is 10.1 Å². The van der Waals surface area contributed by atoms with Crippen molar-refractivity contribution in [3.8, 4) is 11.5 Å². The van der Waals surface area contributed by atoms with Crippen LogP contribution in [0, 0.1) is 10.1 Å². The number of hydrogen-bond donors (Lipinski definition) is 3. The van der Waals surface area contributed by atoms with E-state index in [1.54, 1.807) is 18.2 Å². The van der Waals surface area contributed by atoms with E-state index in [0.717, 1.165) is 5.56 Å². The number of nitro benzene ring substituents is 1. The second-order valence-electron chi connectivity index (χ2n) is 4.10. The van der Waals surface area contributed by atoms with Crippen LogP contribution in [0.5, 0.6) is 11.5 Å². The molecule has 0 amide bonds. The second-order valence-corrected chi connectivity index (χ2v) is 4.95. The van der Waals surface area contributed by atoms with Gasteiger partial charge in [0.15, 0.2) is 11.5 Å². The second kappa shape index (κ2) is 5.79. The van der Waals surface area contributed by atoms with Crippen LogP contribution in [0.25, 0.3) is 0 Å². The lowest BCUT2D eigenvalue weighted by Crippen LogP contribution is -2.00. The number of aromatic hydroxyl groups is 2. The van der Waals surface area contributed by atoms with Crippen LogP contribution in [0.15, 0.2) is 40.9 Å². The van der Waals surface area contributed by atoms with Crippen LogP contribution >= 0.6 is 15.9 Å². The van der Waals surface area contributed by atoms with Gasteiger partial charge in [-0.2, -0.15) is 0 Å². The standard InChI is InChI=1S/C13H11BrN2O4/c14-10-3-2-9(6-11(10)16(19)20)15-7-8-1-4-12(17)13(18)5-8/h1-6,15,17-18H,7H2. The van der Waals surface area contributed by atoms with E-state index in [2.05, 4.69) is 21.2 Å². The van der Waals surface area contributed by atoms with E-state index in [1.165, 1.54) is 18.2 Å². The first kappa shape index (κ1) is 14.1. The average Bonchev–Trinajstić information content (AvgIpc) is 2.41. The number of phenols is 2. The lowest BCUT2D eigenvalue weighted by molar-refractivity contribution is -0.385. The maximum Gasteiger partial charge on any atom is 0.285 e. The molecule has 0 unspecified atom stereocenters. The Bertz CT molecular complexity index is 661. The average molecular weight is 339 g/mol. The van der Waals surface area contributed by atoms with Gasteiger partial charge in [-0.15, -0.1) is 0 Å². The van der Waals surface area contributed by atoms with Gasteiger partial charge in [0.2, 0.25) is 0 Å². The molecule has 0 radical (unpaired) electrons. The third-order valence-corrected chi connectivity index (χ3v) is 3.35. The Labute approximate surface area is 123 Å². The Morgan fingerprint density at radius 2 is 1.90 bits per heavy atom. The first-order chi connectivity index (χ1) is 9.47. The molecule has 7 heteroatoms. The number of benzene rings is 2. The monoisotopic (exact) mass is 338 g/mol. The molecule has 2 aromatic carbocycles. The first-order valence-electron chi connectivity index (χ1n) is 5.66. The quantitative estimate of drug-likeness (QED) is 0.451. The van der Waals surface area contributed by atoms with Gasteiger partial charge in [-0.1, -0.05) is 6.07 Å². The van der Waals surface area contributed by atoms with Crippen LogP contribution in [0.1, 0.15) is 5.56 Å². The zero-order valence-electron chi connectivity index (χ0n) is 10.2. The molecule has 0 saturated carbocycles. The smallest absolute Gasteiger partial charge is 0.285 e. The molecule has 0 saturated heterocycles. The molecule has 0 spiro atoms. The van der Waals surface area contributed by atoms with E-state index >= 15 is 0 Å². The van der Waals surface area contributed by atoms with Crippen molar-refractivity contribution < 1.29 is 15.1 Å². The molecule has 3 N–H and O–H groups in total. The van der Waals surface area contributed by atoms with Crippen LogP contribution in [-0.2, 0) is 6.54 Å². The van der Waals surface area contributed by atoms with E-state index < -0.39 is 4.92 Å². The van der Waals surface area contributed by atoms with Crippen molar-refractivity contribution in [2.45, 2.75) is 6.54 Å². The Kier molecular flexibility index (Phi) is 4.09. The molecular formula is C13H11BrN2O4. The fraction of sp³-hybridized carbons (Fsp3) is 0.0769. The molecule has 0 heterocycles. The molecule has 20 heavy (non-hydrogen) atoms. The highest BCUT2D eigenvalue weighted by atomic mass is 79.9. The number of phenolic OH excluding ortho intramolecular Hbond substituents is 2. The maximum absolute atomic E-state index is 10.8. The highest BCUT2D eigenvalue weighted by Gasteiger charge is 2.12. The SMILES string of the molecule is O=[N+]([O-])c1cc(NCc2ccc(O)c(O)c2)ccc1Br. The Hall–Kier alpha value is -2.28. The van der Waals surface area contributed by atoms with E-state index in [1.807, 2.05) is 0 Å². The molecule has 2 aromatic rings. The Morgan fingerprint density at radius 3 is 2.55 bits per heavy atom. The summed E-state index contributed by atoms with van der Waals surface area (Å²) in [5.74, 6) is -0.390. The predicted octanol–water partition coefficient (Wildman–Crippen LogP) is 3.38. The van der Waals surface area contributed by atoms with Gasteiger partial charge in [-0.05, 0) is 45.8 Å². The molecule has 0 bridgehead atoms. The van der Waals surface area contributed by atoms with Crippen LogP contribution < -0.4 is 5.32 Å². The minimum Gasteiger partial charge on any atom is -0.504 e.